The van der Waals surface area contributed by atoms with Gasteiger partial charge in [0.05, 0.1) is 24.1 Å². The Morgan fingerprint density at radius 1 is 1.35 bits per heavy atom. The number of pyridine rings is 1. The molecule has 0 aliphatic heterocycles. The summed E-state index contributed by atoms with van der Waals surface area (Å²) in [6.45, 7) is 0.0970. The summed E-state index contributed by atoms with van der Waals surface area (Å²) in [6.07, 6.45) is -2.62. The molecule has 0 bridgehead atoms. The molecule has 0 amide bonds. The Hall–Kier alpha value is -2.13. The van der Waals surface area contributed by atoms with Crippen molar-refractivity contribution < 1.29 is 18.3 Å². The summed E-state index contributed by atoms with van der Waals surface area (Å²) >= 11 is 5.98. The molecule has 0 aliphatic carbocycles. The molecule has 2 rings (SSSR count). The van der Waals surface area contributed by atoms with Crippen molar-refractivity contribution in [2.45, 2.75) is 6.18 Å². The van der Waals surface area contributed by atoms with Crippen molar-refractivity contribution in [2.24, 2.45) is 0 Å². The Morgan fingerprint density at radius 3 is 2.57 bits per heavy atom. The zero-order valence-electron chi connectivity index (χ0n) is 11.9. The van der Waals surface area contributed by atoms with Gasteiger partial charge in [-0.15, -0.1) is 0 Å². The summed E-state index contributed by atoms with van der Waals surface area (Å²) in [7, 11) is 1.61. The number of aliphatic hydroxyl groups excluding tert-OH is 1. The fourth-order valence-electron chi connectivity index (χ4n) is 1.80. The zero-order valence-corrected chi connectivity index (χ0v) is 12.6. The van der Waals surface area contributed by atoms with E-state index in [0.29, 0.717) is 11.9 Å². The third-order valence-corrected chi connectivity index (χ3v) is 3.39. The number of hydrogen-bond acceptors (Lipinski definition) is 5. The van der Waals surface area contributed by atoms with Crippen LogP contribution in [0.5, 0.6) is 0 Å². The highest BCUT2D eigenvalue weighted by Crippen LogP contribution is 2.28. The summed E-state index contributed by atoms with van der Waals surface area (Å²) in [4.78, 5) is 17.3. The third kappa shape index (κ3) is 3.62. The van der Waals surface area contributed by atoms with Crippen LogP contribution in [0.2, 0.25) is 5.02 Å². The lowest BCUT2D eigenvalue weighted by Crippen LogP contribution is -2.28. The van der Waals surface area contributed by atoms with Gasteiger partial charge in [0.1, 0.15) is 5.02 Å². The van der Waals surface area contributed by atoms with Crippen LogP contribution in [0.4, 0.5) is 18.9 Å². The highest BCUT2D eigenvalue weighted by Gasteiger charge is 2.30. The van der Waals surface area contributed by atoms with Gasteiger partial charge in [0, 0.05) is 19.8 Å². The van der Waals surface area contributed by atoms with E-state index in [0.717, 1.165) is 16.8 Å². The highest BCUT2D eigenvalue weighted by atomic mass is 35.5. The zero-order chi connectivity index (χ0) is 17.2. The van der Waals surface area contributed by atoms with Crippen LogP contribution in [0.1, 0.15) is 5.56 Å². The van der Waals surface area contributed by atoms with Crippen LogP contribution in [0.3, 0.4) is 0 Å². The van der Waals surface area contributed by atoms with Crippen LogP contribution in [-0.4, -0.2) is 40.1 Å². The van der Waals surface area contributed by atoms with Crippen LogP contribution in [-0.2, 0) is 6.18 Å². The predicted octanol–water partition coefficient (Wildman–Crippen LogP) is 1.73. The van der Waals surface area contributed by atoms with E-state index in [9.17, 15) is 18.0 Å². The van der Waals surface area contributed by atoms with Crippen LogP contribution in [0, 0.1) is 0 Å². The van der Waals surface area contributed by atoms with Gasteiger partial charge in [-0.05, 0) is 12.1 Å². The fraction of sp³-hybridized carbons (Fsp3) is 0.308. The topological polar surface area (TPSA) is 71.2 Å². The maximum atomic E-state index is 12.5. The number of anilines is 1. The van der Waals surface area contributed by atoms with Crippen molar-refractivity contribution in [2.75, 3.05) is 25.1 Å². The van der Waals surface area contributed by atoms with Crippen molar-refractivity contribution in [3.05, 3.63) is 45.5 Å². The van der Waals surface area contributed by atoms with Gasteiger partial charge in [-0.25, -0.2) is 4.98 Å². The van der Waals surface area contributed by atoms with E-state index in [-0.39, 0.29) is 24.0 Å². The molecule has 0 fully saturated rings. The molecule has 0 spiro atoms. The smallest absolute Gasteiger partial charge is 0.395 e. The molecule has 23 heavy (non-hydrogen) atoms. The number of aromatic nitrogens is 3. The maximum Gasteiger partial charge on any atom is 0.417 e. The molecule has 2 heterocycles. The third-order valence-electron chi connectivity index (χ3n) is 3.04. The molecule has 0 unspecified atom stereocenters. The minimum Gasteiger partial charge on any atom is -0.395 e. The standard InChI is InChI=1S/C13H12ClF3N4O2/c1-20(4-5-22)9-7-19-21(12(23)11(9)14)10-3-2-8(6-18-10)13(15,16)17/h2-3,6-7,22H,4-5H2,1H3. The second kappa shape index (κ2) is 6.55. The number of alkyl halides is 3. The van der Waals surface area contributed by atoms with Crippen LogP contribution in [0.25, 0.3) is 5.82 Å². The average molecular weight is 349 g/mol. The molecule has 6 nitrogen and oxygen atoms in total. The van der Waals surface area contributed by atoms with Gasteiger partial charge in [0.2, 0.25) is 0 Å². The van der Waals surface area contributed by atoms with Crippen molar-refractivity contribution in [1.82, 2.24) is 14.8 Å². The van der Waals surface area contributed by atoms with E-state index < -0.39 is 17.3 Å². The second-order valence-corrected chi connectivity index (χ2v) is 4.99. The van der Waals surface area contributed by atoms with Crippen molar-refractivity contribution in [1.29, 1.82) is 0 Å². The Balaban J connectivity index is 2.42. The average Bonchev–Trinajstić information content (AvgIpc) is 2.49. The molecular weight excluding hydrogens is 337 g/mol. The minimum absolute atomic E-state index is 0.0822. The number of likely N-dealkylation sites (N-methyl/N-ethyl adjacent to an activating group) is 1. The molecule has 2 aromatic heterocycles. The monoisotopic (exact) mass is 348 g/mol. The molecule has 0 radical (unpaired) electrons. The van der Waals surface area contributed by atoms with Crippen molar-refractivity contribution >= 4 is 17.3 Å². The van der Waals surface area contributed by atoms with E-state index in [4.69, 9.17) is 16.7 Å². The SMILES string of the molecule is CN(CCO)c1cnn(-c2ccc(C(F)(F)F)cn2)c(=O)c1Cl. The number of aliphatic hydroxyl groups is 1. The Labute approximate surface area is 133 Å². The van der Waals surface area contributed by atoms with E-state index in [1.807, 2.05) is 0 Å². The molecule has 0 aliphatic rings. The summed E-state index contributed by atoms with van der Waals surface area (Å²) in [6, 6.07) is 1.83. The summed E-state index contributed by atoms with van der Waals surface area (Å²) in [5.41, 5.74) is -1.35. The van der Waals surface area contributed by atoms with Crippen molar-refractivity contribution in [3.63, 3.8) is 0 Å². The van der Waals surface area contributed by atoms with Crippen LogP contribution in [0.15, 0.2) is 29.3 Å². The molecular formula is C13H12ClF3N4O2. The van der Waals surface area contributed by atoms with E-state index in [1.54, 1.807) is 7.05 Å². The van der Waals surface area contributed by atoms with E-state index >= 15 is 0 Å². The highest BCUT2D eigenvalue weighted by molar-refractivity contribution is 6.33. The number of rotatable bonds is 4. The predicted molar refractivity (Wildman–Crippen MR) is 78.0 cm³/mol. The van der Waals surface area contributed by atoms with Crippen LogP contribution >= 0.6 is 11.6 Å². The summed E-state index contributed by atoms with van der Waals surface area (Å²) in [5.74, 6) is -0.0822. The summed E-state index contributed by atoms with van der Waals surface area (Å²) < 4.78 is 38.3. The number of halogens is 4. The van der Waals surface area contributed by atoms with Gasteiger partial charge >= 0.3 is 6.18 Å². The Kier molecular flexibility index (Phi) is 4.90. The first-order valence-electron chi connectivity index (χ1n) is 6.39. The van der Waals surface area contributed by atoms with Gasteiger partial charge < -0.3 is 10.0 Å². The molecule has 0 atom stereocenters. The molecule has 2 aromatic rings. The molecule has 124 valence electrons. The number of nitrogens with zero attached hydrogens (tertiary/aromatic N) is 4. The lowest BCUT2D eigenvalue weighted by atomic mass is 10.3. The van der Waals surface area contributed by atoms with Gasteiger partial charge in [0.25, 0.3) is 5.56 Å². The normalized spacial score (nSPS) is 11.6. The van der Waals surface area contributed by atoms with Gasteiger partial charge in [-0.1, -0.05) is 11.6 Å². The number of hydrogen-bond donors (Lipinski definition) is 1. The first kappa shape index (κ1) is 17.2. The summed E-state index contributed by atoms with van der Waals surface area (Å²) in [5, 5.41) is 12.6. The Morgan fingerprint density at radius 2 is 2.04 bits per heavy atom. The second-order valence-electron chi connectivity index (χ2n) is 4.61. The first-order valence-corrected chi connectivity index (χ1v) is 6.77. The lowest BCUT2D eigenvalue weighted by Gasteiger charge is -2.18. The van der Waals surface area contributed by atoms with Gasteiger partial charge in [-0.3, -0.25) is 4.79 Å². The molecule has 1 N–H and O–H groups in total. The molecule has 0 aromatic carbocycles. The minimum atomic E-state index is -4.52. The largest absolute Gasteiger partial charge is 0.417 e. The van der Waals surface area contributed by atoms with Gasteiger partial charge in [0.15, 0.2) is 5.82 Å². The molecule has 0 saturated carbocycles. The van der Waals surface area contributed by atoms with E-state index in [2.05, 4.69) is 10.1 Å². The Bertz CT molecular complexity index is 746. The maximum absolute atomic E-state index is 12.5. The fourth-order valence-corrected chi connectivity index (χ4v) is 2.08. The van der Waals surface area contributed by atoms with E-state index in [1.165, 1.54) is 11.1 Å². The molecule has 0 saturated heterocycles. The van der Waals surface area contributed by atoms with Gasteiger partial charge in [-0.2, -0.15) is 23.0 Å². The van der Waals surface area contributed by atoms with Crippen molar-refractivity contribution in [3.8, 4) is 5.82 Å². The molecule has 10 heteroatoms. The van der Waals surface area contributed by atoms with Crippen LogP contribution < -0.4 is 10.5 Å². The lowest BCUT2D eigenvalue weighted by molar-refractivity contribution is -0.137. The quantitative estimate of drug-likeness (QED) is 0.911. The first-order chi connectivity index (χ1) is 10.8.